The van der Waals surface area contributed by atoms with Gasteiger partial charge < -0.3 is 4.90 Å². The zero-order chi connectivity index (χ0) is 10.6. The first kappa shape index (κ1) is 10.8. The Kier molecular flexibility index (Phi) is 3.69. The first-order chi connectivity index (χ1) is 6.66. The minimum Gasteiger partial charge on any atom is -0.337 e. The highest BCUT2D eigenvalue weighted by molar-refractivity contribution is 5.94. The van der Waals surface area contributed by atoms with E-state index in [0.717, 1.165) is 12.1 Å². The molecule has 2 nitrogen and oxygen atoms in total. The molecule has 76 valence electrons. The number of amides is 1. The van der Waals surface area contributed by atoms with E-state index >= 15 is 0 Å². The van der Waals surface area contributed by atoms with Gasteiger partial charge in [-0.25, -0.2) is 0 Å². The number of hydrogen-bond donors (Lipinski definition) is 0. The highest BCUT2D eigenvalue weighted by Gasteiger charge is 2.15. The van der Waals surface area contributed by atoms with E-state index < -0.39 is 0 Å². The van der Waals surface area contributed by atoms with Crippen LogP contribution in [0.4, 0.5) is 0 Å². The van der Waals surface area contributed by atoms with Gasteiger partial charge >= 0.3 is 0 Å². The van der Waals surface area contributed by atoms with Crippen LogP contribution in [0.15, 0.2) is 30.3 Å². The Balaban J connectivity index is 2.84. The fourth-order valence-corrected chi connectivity index (χ4v) is 1.49. The topological polar surface area (TPSA) is 20.3 Å². The maximum absolute atomic E-state index is 11.9. The van der Waals surface area contributed by atoms with Gasteiger partial charge in [0, 0.05) is 18.2 Å². The van der Waals surface area contributed by atoms with Gasteiger partial charge in [0.2, 0.25) is 0 Å². The van der Waals surface area contributed by atoms with Crippen molar-refractivity contribution in [3.63, 3.8) is 0 Å². The van der Waals surface area contributed by atoms with E-state index in [4.69, 9.17) is 0 Å². The van der Waals surface area contributed by atoms with Gasteiger partial charge in [0.1, 0.15) is 0 Å². The summed E-state index contributed by atoms with van der Waals surface area (Å²) < 4.78 is 0. The van der Waals surface area contributed by atoms with Gasteiger partial charge in [-0.1, -0.05) is 18.2 Å². The SMILES string of the molecule is CCN(C(=O)c1ccccc1)C(C)C. The normalized spacial score (nSPS) is 10.3. The minimum absolute atomic E-state index is 0.114. The Bertz CT molecular complexity index is 292. The summed E-state index contributed by atoms with van der Waals surface area (Å²) in [5, 5.41) is 0. The van der Waals surface area contributed by atoms with Crippen molar-refractivity contribution in [3.05, 3.63) is 35.9 Å². The molecule has 0 saturated carbocycles. The summed E-state index contributed by atoms with van der Waals surface area (Å²) in [5.41, 5.74) is 0.767. The molecular formula is C12H17NO. The van der Waals surface area contributed by atoms with Crippen molar-refractivity contribution in [3.8, 4) is 0 Å². The highest BCUT2D eigenvalue weighted by atomic mass is 16.2. The molecule has 1 aromatic rings. The smallest absolute Gasteiger partial charge is 0.254 e. The average Bonchev–Trinajstić information content (AvgIpc) is 2.19. The summed E-state index contributed by atoms with van der Waals surface area (Å²) in [6, 6.07) is 9.67. The molecule has 0 unspecified atom stereocenters. The number of carbonyl (C=O) groups excluding carboxylic acids is 1. The Labute approximate surface area is 85.5 Å². The Hall–Kier alpha value is -1.31. The van der Waals surface area contributed by atoms with Crippen molar-refractivity contribution in [2.24, 2.45) is 0 Å². The van der Waals surface area contributed by atoms with Crippen molar-refractivity contribution in [2.75, 3.05) is 6.54 Å². The van der Waals surface area contributed by atoms with E-state index in [1.807, 2.05) is 56.0 Å². The summed E-state index contributed by atoms with van der Waals surface area (Å²) in [6.07, 6.45) is 0. The van der Waals surface area contributed by atoms with Crippen molar-refractivity contribution in [2.45, 2.75) is 26.8 Å². The van der Waals surface area contributed by atoms with Crippen LogP contribution in [0.3, 0.4) is 0 Å². The van der Waals surface area contributed by atoms with Crippen LogP contribution in [0, 0.1) is 0 Å². The molecule has 0 atom stereocenters. The zero-order valence-corrected chi connectivity index (χ0v) is 9.03. The number of carbonyl (C=O) groups is 1. The zero-order valence-electron chi connectivity index (χ0n) is 9.03. The largest absolute Gasteiger partial charge is 0.337 e. The molecule has 1 aromatic carbocycles. The van der Waals surface area contributed by atoms with E-state index in [1.165, 1.54) is 0 Å². The maximum Gasteiger partial charge on any atom is 0.254 e. The number of nitrogens with zero attached hydrogens (tertiary/aromatic N) is 1. The van der Waals surface area contributed by atoms with Crippen LogP contribution < -0.4 is 0 Å². The van der Waals surface area contributed by atoms with Crippen molar-refractivity contribution >= 4 is 5.91 Å². The number of hydrogen-bond acceptors (Lipinski definition) is 1. The third kappa shape index (κ3) is 2.34. The molecular weight excluding hydrogens is 174 g/mol. The van der Waals surface area contributed by atoms with Crippen molar-refractivity contribution in [1.29, 1.82) is 0 Å². The molecule has 0 aliphatic carbocycles. The van der Waals surface area contributed by atoms with Crippen LogP contribution >= 0.6 is 0 Å². The third-order valence-corrected chi connectivity index (χ3v) is 2.25. The van der Waals surface area contributed by atoms with Crippen molar-refractivity contribution < 1.29 is 4.79 Å². The third-order valence-electron chi connectivity index (χ3n) is 2.25. The Morgan fingerprint density at radius 3 is 2.29 bits per heavy atom. The van der Waals surface area contributed by atoms with Crippen LogP contribution in [0.1, 0.15) is 31.1 Å². The van der Waals surface area contributed by atoms with E-state index in [1.54, 1.807) is 0 Å². The second-order valence-electron chi connectivity index (χ2n) is 3.55. The van der Waals surface area contributed by atoms with Gasteiger partial charge in [-0.15, -0.1) is 0 Å². The quantitative estimate of drug-likeness (QED) is 0.719. The summed E-state index contributed by atoms with van der Waals surface area (Å²) in [5.74, 6) is 0.114. The average molecular weight is 191 g/mol. The standard InChI is InChI=1S/C12H17NO/c1-4-13(10(2)3)12(14)11-8-6-5-7-9-11/h5-10H,4H2,1-3H3. The highest BCUT2D eigenvalue weighted by Crippen LogP contribution is 2.07. The predicted octanol–water partition coefficient (Wildman–Crippen LogP) is 2.56. The molecule has 0 heterocycles. The van der Waals surface area contributed by atoms with E-state index in [0.29, 0.717) is 0 Å². The molecule has 0 saturated heterocycles. The molecule has 2 heteroatoms. The summed E-state index contributed by atoms with van der Waals surface area (Å²) in [7, 11) is 0. The summed E-state index contributed by atoms with van der Waals surface area (Å²) in [4.78, 5) is 13.8. The van der Waals surface area contributed by atoms with Gasteiger partial charge in [0.15, 0.2) is 0 Å². The van der Waals surface area contributed by atoms with Gasteiger partial charge in [0.25, 0.3) is 5.91 Å². The number of rotatable bonds is 3. The Morgan fingerprint density at radius 1 is 1.29 bits per heavy atom. The van der Waals surface area contributed by atoms with Crippen LogP contribution in [-0.4, -0.2) is 23.4 Å². The molecule has 1 rings (SSSR count). The van der Waals surface area contributed by atoms with E-state index in [2.05, 4.69) is 0 Å². The molecule has 14 heavy (non-hydrogen) atoms. The first-order valence-electron chi connectivity index (χ1n) is 5.02. The molecule has 0 fully saturated rings. The molecule has 0 aliphatic heterocycles. The monoisotopic (exact) mass is 191 g/mol. The van der Waals surface area contributed by atoms with Gasteiger partial charge in [-0.3, -0.25) is 4.79 Å². The van der Waals surface area contributed by atoms with Crippen molar-refractivity contribution in [1.82, 2.24) is 4.90 Å². The molecule has 0 aliphatic rings. The van der Waals surface area contributed by atoms with E-state index in [-0.39, 0.29) is 11.9 Å². The van der Waals surface area contributed by atoms with Crippen LogP contribution in [0.25, 0.3) is 0 Å². The van der Waals surface area contributed by atoms with Gasteiger partial charge in [-0.05, 0) is 32.9 Å². The second kappa shape index (κ2) is 4.80. The fourth-order valence-electron chi connectivity index (χ4n) is 1.49. The Morgan fingerprint density at radius 2 is 1.86 bits per heavy atom. The molecule has 0 spiro atoms. The lowest BCUT2D eigenvalue weighted by atomic mass is 10.2. The molecule has 0 radical (unpaired) electrons. The minimum atomic E-state index is 0.114. The molecule has 1 amide bonds. The molecule has 0 bridgehead atoms. The predicted molar refractivity (Wildman–Crippen MR) is 58.3 cm³/mol. The van der Waals surface area contributed by atoms with Crippen LogP contribution in [-0.2, 0) is 0 Å². The van der Waals surface area contributed by atoms with Crippen LogP contribution in [0.5, 0.6) is 0 Å². The first-order valence-corrected chi connectivity index (χ1v) is 5.02. The maximum atomic E-state index is 11.9. The lowest BCUT2D eigenvalue weighted by Gasteiger charge is -2.25. The lowest BCUT2D eigenvalue weighted by Crippen LogP contribution is -2.36. The van der Waals surface area contributed by atoms with Gasteiger partial charge in [-0.2, -0.15) is 0 Å². The molecule has 0 N–H and O–H groups in total. The lowest BCUT2D eigenvalue weighted by molar-refractivity contribution is 0.0717. The number of benzene rings is 1. The summed E-state index contributed by atoms with van der Waals surface area (Å²) >= 11 is 0. The molecule has 0 aromatic heterocycles. The second-order valence-corrected chi connectivity index (χ2v) is 3.55. The van der Waals surface area contributed by atoms with Gasteiger partial charge in [0.05, 0.1) is 0 Å². The fraction of sp³-hybridized carbons (Fsp3) is 0.417. The van der Waals surface area contributed by atoms with Crippen LogP contribution in [0.2, 0.25) is 0 Å². The summed E-state index contributed by atoms with van der Waals surface area (Å²) in [6.45, 7) is 6.82. The van der Waals surface area contributed by atoms with E-state index in [9.17, 15) is 4.79 Å².